The van der Waals surface area contributed by atoms with Crippen LogP contribution in [0.4, 0.5) is 17.5 Å². The highest BCUT2D eigenvalue weighted by molar-refractivity contribution is 6.33. The van der Waals surface area contributed by atoms with E-state index in [-0.39, 0.29) is 66.2 Å². The largest absolute Gasteiger partial charge is 0.478 e. The third-order valence-electron chi connectivity index (χ3n) is 14.4. The van der Waals surface area contributed by atoms with Gasteiger partial charge in [0.15, 0.2) is 18.2 Å². The number of imide groups is 2. The Labute approximate surface area is 380 Å². The van der Waals surface area contributed by atoms with Gasteiger partial charge in [0.05, 0.1) is 35.0 Å². The lowest BCUT2D eigenvalue weighted by molar-refractivity contribution is -0.136. The molecule has 2 saturated carbocycles. The number of fused-ring (bicyclic) bond motifs is 3. The Bertz CT molecular complexity index is 2700. The van der Waals surface area contributed by atoms with Gasteiger partial charge in [-0.15, -0.1) is 0 Å². The van der Waals surface area contributed by atoms with Gasteiger partial charge in [-0.1, -0.05) is 17.7 Å². The first-order valence-corrected chi connectivity index (χ1v) is 23.0. The van der Waals surface area contributed by atoms with Crippen LogP contribution in [0, 0.1) is 5.92 Å². The number of benzene rings is 2. The molecule has 17 nitrogen and oxygen atoms in total. The summed E-state index contributed by atoms with van der Waals surface area (Å²) in [6.45, 7) is 7.03. The van der Waals surface area contributed by atoms with Gasteiger partial charge < -0.3 is 29.6 Å². The van der Waals surface area contributed by atoms with Crippen molar-refractivity contribution in [3.63, 3.8) is 0 Å². The second kappa shape index (κ2) is 16.8. The Kier molecular flexibility index (Phi) is 11.1. The van der Waals surface area contributed by atoms with E-state index in [1.807, 2.05) is 44.2 Å². The lowest BCUT2D eigenvalue weighted by Crippen LogP contribution is -2.54. The number of amides is 5. The summed E-state index contributed by atoms with van der Waals surface area (Å²) < 4.78 is 13.9. The molecule has 5 fully saturated rings. The first-order chi connectivity index (χ1) is 31.3. The van der Waals surface area contributed by atoms with Crippen molar-refractivity contribution in [2.75, 3.05) is 50.1 Å². The minimum Gasteiger partial charge on any atom is -0.478 e. The van der Waals surface area contributed by atoms with Crippen molar-refractivity contribution in [2.24, 2.45) is 5.92 Å². The minimum absolute atomic E-state index is 0.00274. The van der Waals surface area contributed by atoms with Crippen molar-refractivity contribution in [3.8, 4) is 5.75 Å². The van der Waals surface area contributed by atoms with Gasteiger partial charge in [-0.25, -0.2) is 4.98 Å². The Morgan fingerprint density at radius 2 is 1.75 bits per heavy atom. The Hall–Kier alpha value is -5.91. The molecule has 10 rings (SSSR count). The predicted octanol–water partition coefficient (Wildman–Crippen LogP) is 4.48. The molecule has 3 saturated heterocycles. The molecule has 1 unspecified atom stereocenters. The van der Waals surface area contributed by atoms with Gasteiger partial charge >= 0.3 is 0 Å². The summed E-state index contributed by atoms with van der Waals surface area (Å²) in [7, 11) is 1.51. The van der Waals surface area contributed by atoms with Crippen LogP contribution in [0.1, 0.15) is 97.5 Å². The van der Waals surface area contributed by atoms with Crippen molar-refractivity contribution in [1.82, 2.24) is 35.0 Å². The molecule has 340 valence electrons. The van der Waals surface area contributed by atoms with Gasteiger partial charge in [0.1, 0.15) is 11.1 Å². The number of carbonyl (C=O) groups excluding carboxylic acids is 5. The molecule has 0 bridgehead atoms. The van der Waals surface area contributed by atoms with E-state index in [2.05, 4.69) is 30.7 Å². The number of carbonyl (C=O) groups is 5. The summed E-state index contributed by atoms with van der Waals surface area (Å²) in [5.41, 5.74) is 2.91. The number of likely N-dealkylation sites (tertiary alicyclic amines) is 1. The molecular weight excluding hydrogens is 854 g/mol. The second-order valence-corrected chi connectivity index (χ2v) is 19.0. The van der Waals surface area contributed by atoms with E-state index in [0.717, 1.165) is 86.1 Å². The van der Waals surface area contributed by atoms with Crippen LogP contribution in [0.15, 0.2) is 53.5 Å². The number of likely N-dealkylation sites (N-methyl/N-ethyl adjacent to an activating group) is 1. The third-order valence-corrected chi connectivity index (χ3v) is 14.7. The molecule has 0 radical (unpaired) electrons. The monoisotopic (exact) mass is 905 g/mol. The average molecular weight is 906 g/mol. The SMILES string of the molecule is CNC(=O)COc1cc2cc(Nc3nc(N4CCC(OC5CC(N6CCC7(c8ccc9c(c8)C(=O)N([C@@H]8CCC(=O)NC8=O)C9=O)C[C@H]7C6)C5)CC4)ncc3Cl)ccc2n(C(C)C)c1=O. The van der Waals surface area contributed by atoms with Gasteiger partial charge in [-0.05, 0) is 113 Å². The van der Waals surface area contributed by atoms with Crippen molar-refractivity contribution in [2.45, 2.75) is 101 Å². The van der Waals surface area contributed by atoms with E-state index >= 15 is 0 Å². The zero-order chi connectivity index (χ0) is 45.3. The Morgan fingerprint density at radius 3 is 2.49 bits per heavy atom. The zero-order valence-corrected chi connectivity index (χ0v) is 37.4. The fourth-order valence-electron chi connectivity index (χ4n) is 10.6. The van der Waals surface area contributed by atoms with Crippen molar-refractivity contribution < 1.29 is 33.4 Å². The fourth-order valence-corrected chi connectivity index (χ4v) is 10.8. The number of anilines is 3. The molecular formula is C47H52ClN9O8. The van der Waals surface area contributed by atoms with E-state index in [1.165, 1.54) is 7.05 Å². The van der Waals surface area contributed by atoms with E-state index in [1.54, 1.807) is 22.9 Å². The summed E-state index contributed by atoms with van der Waals surface area (Å²) in [5, 5.41) is 9.21. The number of aromatic nitrogens is 3. The van der Waals surface area contributed by atoms with Gasteiger partial charge in [0.2, 0.25) is 17.8 Å². The Balaban J connectivity index is 0.706. The van der Waals surface area contributed by atoms with Crippen LogP contribution in [0.25, 0.3) is 10.9 Å². The van der Waals surface area contributed by atoms with E-state index in [0.29, 0.717) is 45.6 Å². The van der Waals surface area contributed by atoms with E-state index in [9.17, 15) is 28.8 Å². The molecule has 3 N–H and O–H groups in total. The van der Waals surface area contributed by atoms with Gasteiger partial charge in [0, 0.05) is 61.7 Å². The molecule has 3 atom stereocenters. The molecule has 2 aromatic heterocycles. The number of rotatable bonds is 12. The van der Waals surface area contributed by atoms with Crippen LogP contribution in [0.2, 0.25) is 5.02 Å². The van der Waals surface area contributed by atoms with Crippen LogP contribution in [-0.2, 0) is 24.5 Å². The number of hydrogen-bond acceptors (Lipinski definition) is 13. The van der Waals surface area contributed by atoms with E-state index < -0.39 is 23.8 Å². The van der Waals surface area contributed by atoms with Crippen LogP contribution in [-0.4, -0.2) is 118 Å². The summed E-state index contributed by atoms with van der Waals surface area (Å²) in [4.78, 5) is 91.2. The maximum absolute atomic E-state index is 13.5. The number of nitrogens with one attached hydrogen (secondary N) is 3. The summed E-state index contributed by atoms with van der Waals surface area (Å²) >= 11 is 6.60. The summed E-state index contributed by atoms with van der Waals surface area (Å²) in [6, 6.07) is 12.3. The molecule has 2 aliphatic carbocycles. The number of nitrogens with zero attached hydrogens (tertiary/aromatic N) is 6. The first-order valence-electron chi connectivity index (χ1n) is 22.6. The summed E-state index contributed by atoms with van der Waals surface area (Å²) in [6.07, 6.45) is 8.00. The molecule has 6 aliphatic rings. The highest BCUT2D eigenvalue weighted by Gasteiger charge is 2.59. The second-order valence-electron chi connectivity index (χ2n) is 18.6. The lowest BCUT2D eigenvalue weighted by atomic mass is 9.82. The predicted molar refractivity (Wildman–Crippen MR) is 241 cm³/mol. The number of pyridine rings is 1. The van der Waals surface area contributed by atoms with Gasteiger partial charge in [0.25, 0.3) is 23.3 Å². The molecule has 4 aromatic rings. The summed E-state index contributed by atoms with van der Waals surface area (Å²) in [5.74, 6) is -0.642. The standard InChI is InChI=1S/C47H52ClN9O8/c1-25(2)56-36-7-5-29(16-26(36)17-38(45(56)63)64-24-40(59)49-3)51-41-35(48)22-50-46(53-41)54-13-10-31(11-14-54)65-32-19-30(20-32)55-15-12-47(21-28(47)23-55)27-4-6-33-34(18-27)44(62)57(43(33)61)37-8-9-39(58)52-42(37)60/h4-7,16-18,22,25,28,30-32,37H,8-15,19-21,23-24H2,1-3H3,(H,49,59)(H,50,51,53)(H,52,58,60)/t28-,30?,32?,37+,47?/m0/s1. The van der Waals surface area contributed by atoms with Crippen molar-refractivity contribution in [3.05, 3.63) is 80.7 Å². The van der Waals surface area contributed by atoms with Crippen LogP contribution >= 0.6 is 11.6 Å². The minimum atomic E-state index is -0.968. The smallest absolute Gasteiger partial charge is 0.293 e. The highest BCUT2D eigenvalue weighted by Crippen LogP contribution is 2.60. The van der Waals surface area contributed by atoms with Crippen LogP contribution in [0.5, 0.6) is 5.75 Å². The topological polar surface area (TPSA) is 197 Å². The molecule has 5 amide bonds. The maximum atomic E-state index is 13.5. The quantitative estimate of drug-likeness (QED) is 0.169. The number of ether oxygens (including phenoxy) is 2. The zero-order valence-electron chi connectivity index (χ0n) is 36.6. The number of halogens is 1. The molecule has 0 spiro atoms. The van der Waals surface area contributed by atoms with E-state index in [4.69, 9.17) is 26.1 Å². The van der Waals surface area contributed by atoms with Crippen molar-refractivity contribution in [1.29, 1.82) is 0 Å². The van der Waals surface area contributed by atoms with Crippen LogP contribution in [0.3, 0.4) is 0 Å². The van der Waals surface area contributed by atoms with Gasteiger partial charge in [-0.3, -0.25) is 43.9 Å². The number of hydrogen-bond donors (Lipinski definition) is 3. The maximum Gasteiger partial charge on any atom is 0.293 e. The first kappa shape index (κ1) is 43.0. The molecule has 4 aliphatic heterocycles. The number of piperidine rings is 3. The normalized spacial score (nSPS) is 25.6. The van der Waals surface area contributed by atoms with Crippen LogP contribution < -0.4 is 31.1 Å². The molecule has 2 aromatic carbocycles. The Morgan fingerprint density at radius 1 is 0.969 bits per heavy atom. The molecule has 6 heterocycles. The molecule has 65 heavy (non-hydrogen) atoms. The average Bonchev–Trinajstić information content (AvgIpc) is 3.97. The fraction of sp³-hybridized carbons (Fsp3) is 0.489. The van der Waals surface area contributed by atoms with Crippen molar-refractivity contribution >= 4 is 69.5 Å². The highest BCUT2D eigenvalue weighted by atomic mass is 35.5. The van der Waals surface area contributed by atoms with Gasteiger partial charge in [-0.2, -0.15) is 4.98 Å². The molecule has 18 heteroatoms. The third kappa shape index (κ3) is 7.90. The lowest BCUT2D eigenvalue weighted by Gasteiger charge is -2.47.